The number of carboxylic acid groups (broad SMARTS) is 1. The Bertz CT molecular complexity index is 495. The molecule has 0 atom stereocenters. The number of rotatable bonds is 7. The molecule has 0 aliphatic carbocycles. The Labute approximate surface area is 117 Å². The summed E-state index contributed by atoms with van der Waals surface area (Å²) in [7, 11) is 1.60. The average Bonchev–Trinajstić information content (AvgIpc) is 2.38. The summed E-state index contributed by atoms with van der Waals surface area (Å²) < 4.78 is 24.4. The van der Waals surface area contributed by atoms with Gasteiger partial charge in [-0.3, -0.25) is 0 Å². The van der Waals surface area contributed by atoms with Gasteiger partial charge in [0, 0.05) is 25.2 Å². The summed E-state index contributed by atoms with van der Waals surface area (Å²) in [4.78, 5) is 10.5. The van der Waals surface area contributed by atoms with E-state index in [1.165, 1.54) is 18.2 Å². The molecule has 0 aromatic heterocycles. The third kappa shape index (κ3) is 5.01. The Kier molecular flexibility index (Phi) is 5.70. The molecule has 4 nitrogen and oxygen atoms in total. The van der Waals surface area contributed by atoms with Crippen LogP contribution in [0.3, 0.4) is 0 Å². The van der Waals surface area contributed by atoms with Gasteiger partial charge in [0.15, 0.2) is 11.6 Å². The lowest BCUT2D eigenvalue weighted by Crippen LogP contribution is -2.25. The van der Waals surface area contributed by atoms with Crippen LogP contribution < -0.4 is 4.74 Å². The number of aliphatic carboxylic acids is 1. The summed E-state index contributed by atoms with van der Waals surface area (Å²) >= 11 is 0. The molecule has 1 aromatic rings. The highest BCUT2D eigenvalue weighted by Crippen LogP contribution is 2.25. The second-order valence-electron chi connectivity index (χ2n) is 4.89. The highest BCUT2D eigenvalue weighted by atomic mass is 19.1. The van der Waals surface area contributed by atoms with Gasteiger partial charge in [0.25, 0.3) is 0 Å². The number of hydrogen-bond acceptors (Lipinski definition) is 3. The van der Waals surface area contributed by atoms with Crippen molar-refractivity contribution < 1.29 is 23.8 Å². The SMILES string of the molecule is COC(C)(C)CCOc1c(F)cccc1/C=C/C(=O)O. The smallest absolute Gasteiger partial charge is 0.328 e. The minimum atomic E-state index is -1.10. The highest BCUT2D eigenvalue weighted by molar-refractivity contribution is 5.85. The van der Waals surface area contributed by atoms with E-state index < -0.39 is 11.8 Å². The molecule has 0 radical (unpaired) electrons. The normalized spacial score (nSPS) is 11.8. The molecule has 0 aliphatic rings. The van der Waals surface area contributed by atoms with Gasteiger partial charge in [-0.25, -0.2) is 9.18 Å². The summed E-state index contributed by atoms with van der Waals surface area (Å²) in [6, 6.07) is 4.37. The number of ether oxygens (including phenoxy) is 2. The fraction of sp³-hybridized carbons (Fsp3) is 0.400. The molecular formula is C15H19FO4. The molecule has 0 aliphatic heterocycles. The van der Waals surface area contributed by atoms with E-state index >= 15 is 0 Å². The Balaban J connectivity index is 2.80. The third-order valence-electron chi connectivity index (χ3n) is 2.91. The van der Waals surface area contributed by atoms with E-state index in [0.29, 0.717) is 12.0 Å². The van der Waals surface area contributed by atoms with Gasteiger partial charge in [-0.05, 0) is 26.0 Å². The molecular weight excluding hydrogens is 263 g/mol. The Morgan fingerprint density at radius 2 is 2.15 bits per heavy atom. The monoisotopic (exact) mass is 282 g/mol. The summed E-state index contributed by atoms with van der Waals surface area (Å²) in [5, 5.41) is 8.61. The molecule has 5 heteroatoms. The van der Waals surface area contributed by atoms with E-state index in [4.69, 9.17) is 14.6 Å². The zero-order chi connectivity index (χ0) is 15.2. The molecule has 0 amide bonds. The second-order valence-corrected chi connectivity index (χ2v) is 4.89. The zero-order valence-corrected chi connectivity index (χ0v) is 11.9. The number of carboxylic acids is 1. The van der Waals surface area contributed by atoms with E-state index in [1.807, 2.05) is 13.8 Å². The molecule has 0 saturated carbocycles. The maximum Gasteiger partial charge on any atom is 0.328 e. The van der Waals surface area contributed by atoms with Crippen LogP contribution in [0.2, 0.25) is 0 Å². The standard InChI is InChI=1S/C15H19FO4/c1-15(2,19-3)9-10-20-14-11(7-8-13(17)18)5-4-6-12(14)16/h4-8H,9-10H2,1-3H3,(H,17,18)/b8-7+. The highest BCUT2D eigenvalue weighted by Gasteiger charge is 2.17. The molecule has 1 N–H and O–H groups in total. The Morgan fingerprint density at radius 3 is 2.75 bits per heavy atom. The van der Waals surface area contributed by atoms with Crippen LogP contribution in [0.15, 0.2) is 24.3 Å². The molecule has 0 saturated heterocycles. The number of carbonyl (C=O) groups is 1. The topological polar surface area (TPSA) is 55.8 Å². The lowest BCUT2D eigenvalue weighted by atomic mass is 10.1. The molecule has 0 bridgehead atoms. The van der Waals surface area contributed by atoms with Gasteiger partial charge in [-0.1, -0.05) is 12.1 Å². The molecule has 20 heavy (non-hydrogen) atoms. The van der Waals surface area contributed by atoms with E-state index in [1.54, 1.807) is 13.2 Å². The summed E-state index contributed by atoms with van der Waals surface area (Å²) in [5.41, 5.74) is 0.0325. The molecule has 1 rings (SSSR count). The van der Waals surface area contributed by atoms with Crippen molar-refractivity contribution in [2.75, 3.05) is 13.7 Å². The summed E-state index contributed by atoms with van der Waals surface area (Å²) in [5.74, 6) is -1.56. The summed E-state index contributed by atoms with van der Waals surface area (Å²) in [6.07, 6.45) is 2.84. The minimum Gasteiger partial charge on any atom is -0.490 e. The number of para-hydroxylation sites is 1. The lowest BCUT2D eigenvalue weighted by Gasteiger charge is -2.23. The first-order chi connectivity index (χ1) is 9.35. The van der Waals surface area contributed by atoms with Crippen molar-refractivity contribution in [2.24, 2.45) is 0 Å². The molecule has 0 heterocycles. The molecule has 0 fully saturated rings. The first-order valence-corrected chi connectivity index (χ1v) is 6.23. The van der Waals surface area contributed by atoms with Crippen LogP contribution in [0.4, 0.5) is 4.39 Å². The van der Waals surface area contributed by atoms with Crippen molar-refractivity contribution in [3.63, 3.8) is 0 Å². The maximum absolute atomic E-state index is 13.7. The van der Waals surface area contributed by atoms with Gasteiger partial charge in [0.1, 0.15) is 0 Å². The minimum absolute atomic E-state index is 0.0527. The number of methoxy groups -OCH3 is 1. The second kappa shape index (κ2) is 7.05. The van der Waals surface area contributed by atoms with Crippen molar-refractivity contribution in [2.45, 2.75) is 25.9 Å². The molecule has 0 unspecified atom stereocenters. The van der Waals surface area contributed by atoms with Crippen LogP contribution in [0, 0.1) is 5.82 Å². The number of halogens is 1. The van der Waals surface area contributed by atoms with Gasteiger partial charge in [-0.2, -0.15) is 0 Å². The predicted molar refractivity (Wildman–Crippen MR) is 74.3 cm³/mol. The van der Waals surface area contributed by atoms with E-state index in [9.17, 15) is 9.18 Å². The van der Waals surface area contributed by atoms with Crippen LogP contribution in [-0.2, 0) is 9.53 Å². The predicted octanol–water partition coefficient (Wildman–Crippen LogP) is 3.12. The fourth-order valence-corrected chi connectivity index (χ4v) is 1.47. The van der Waals surface area contributed by atoms with Crippen LogP contribution in [0.5, 0.6) is 5.75 Å². The van der Waals surface area contributed by atoms with Crippen LogP contribution in [0.1, 0.15) is 25.8 Å². The van der Waals surface area contributed by atoms with E-state index in [2.05, 4.69) is 0 Å². The van der Waals surface area contributed by atoms with Gasteiger partial charge in [0.05, 0.1) is 12.2 Å². The molecule has 1 aromatic carbocycles. The lowest BCUT2D eigenvalue weighted by molar-refractivity contribution is -0.131. The number of hydrogen-bond donors (Lipinski definition) is 1. The largest absolute Gasteiger partial charge is 0.490 e. The molecule has 110 valence electrons. The van der Waals surface area contributed by atoms with Crippen LogP contribution >= 0.6 is 0 Å². The van der Waals surface area contributed by atoms with Crippen molar-refractivity contribution >= 4 is 12.0 Å². The zero-order valence-electron chi connectivity index (χ0n) is 11.9. The van der Waals surface area contributed by atoms with Crippen molar-refractivity contribution in [1.29, 1.82) is 0 Å². The van der Waals surface area contributed by atoms with Crippen molar-refractivity contribution in [3.05, 3.63) is 35.7 Å². The average molecular weight is 282 g/mol. The first-order valence-electron chi connectivity index (χ1n) is 6.23. The third-order valence-corrected chi connectivity index (χ3v) is 2.91. The summed E-state index contributed by atoms with van der Waals surface area (Å²) in [6.45, 7) is 4.08. The fourth-order valence-electron chi connectivity index (χ4n) is 1.47. The van der Waals surface area contributed by atoms with Gasteiger partial charge >= 0.3 is 5.97 Å². The number of benzene rings is 1. The van der Waals surface area contributed by atoms with Gasteiger partial charge in [-0.15, -0.1) is 0 Å². The van der Waals surface area contributed by atoms with Gasteiger partial charge in [0.2, 0.25) is 0 Å². The van der Waals surface area contributed by atoms with E-state index in [-0.39, 0.29) is 18.0 Å². The van der Waals surface area contributed by atoms with Crippen LogP contribution in [0.25, 0.3) is 6.08 Å². The van der Waals surface area contributed by atoms with E-state index in [0.717, 1.165) is 6.08 Å². The Morgan fingerprint density at radius 1 is 1.45 bits per heavy atom. The quantitative estimate of drug-likeness (QED) is 0.781. The van der Waals surface area contributed by atoms with Crippen LogP contribution in [-0.4, -0.2) is 30.4 Å². The van der Waals surface area contributed by atoms with Crippen molar-refractivity contribution in [3.8, 4) is 5.75 Å². The first kappa shape index (κ1) is 16.2. The van der Waals surface area contributed by atoms with Crippen molar-refractivity contribution in [1.82, 2.24) is 0 Å². The maximum atomic E-state index is 13.7. The Hall–Kier alpha value is -1.88. The molecule has 0 spiro atoms. The van der Waals surface area contributed by atoms with Gasteiger partial charge < -0.3 is 14.6 Å².